The normalized spacial score (nSPS) is 17.9. The lowest BCUT2D eigenvalue weighted by Crippen LogP contribution is -2.42. The maximum absolute atomic E-state index is 15.3. The van der Waals surface area contributed by atoms with E-state index >= 15 is 4.79 Å². The molecule has 0 aromatic heterocycles. The highest BCUT2D eigenvalue weighted by molar-refractivity contribution is 7.44. The molecule has 4 atom stereocenters. The van der Waals surface area contributed by atoms with Gasteiger partial charge in [-0.3, -0.25) is 4.79 Å². The first-order valence-electron chi connectivity index (χ1n) is 26.3. The molecule has 1 saturated heterocycles. The van der Waals surface area contributed by atoms with Crippen molar-refractivity contribution in [3.05, 3.63) is 195 Å². The topological polar surface area (TPSA) is 149 Å². The zero-order valence-electron chi connectivity index (χ0n) is 44.8. The summed E-state index contributed by atoms with van der Waals surface area (Å²) in [5.74, 6) is 1.74. The Labute approximate surface area is 462 Å². The van der Waals surface area contributed by atoms with Crippen LogP contribution in [-0.2, 0) is 40.9 Å². The van der Waals surface area contributed by atoms with Crippen molar-refractivity contribution in [2.45, 2.75) is 95.7 Å². The molecule has 15 heteroatoms. The van der Waals surface area contributed by atoms with Gasteiger partial charge in [-0.1, -0.05) is 90.5 Å². The standard InChI is InChI=1S/C63H63ClN3O10P/c1-39(2)67(40(3)4)78(74-31-13-30-65)77-50-35-47(38-73-62(44-14-9-8-10-15-44,45-20-24-48(71-6)25-21-45)46-22-26-49(72-7)27-23-46)66(37-50)59(69)29-19-42-33-55-58(32-41(42)5)75-60-52-36-56(64)57(68)34-43(52)18-28-54(60)63(55)53-17-12-11-16-51(53)61(70)76-63/h8-12,14-18,20-28,32-34,36,39-40,47,50,68H,13,19,29,31,35,37-38H2,1-7H3/t47-,50+,63?,78?/m0/s1. The molecule has 7 aromatic carbocycles. The van der Waals surface area contributed by atoms with Crippen LogP contribution in [-0.4, -0.2) is 84.8 Å². The van der Waals surface area contributed by atoms with Crippen molar-refractivity contribution in [3.63, 3.8) is 0 Å². The first-order chi connectivity index (χ1) is 37.7. The minimum atomic E-state index is -1.63. The summed E-state index contributed by atoms with van der Waals surface area (Å²) in [5.41, 5.74) is 4.19. The summed E-state index contributed by atoms with van der Waals surface area (Å²) in [5, 5.41) is 21.5. The number of aryl methyl sites for hydroxylation is 2. The Morgan fingerprint density at radius 1 is 0.859 bits per heavy atom. The quantitative estimate of drug-likeness (QED) is 0.0355. The van der Waals surface area contributed by atoms with Crippen molar-refractivity contribution in [1.82, 2.24) is 9.57 Å². The first kappa shape index (κ1) is 54.3. The fourth-order valence-corrected chi connectivity index (χ4v) is 13.3. The average molecular weight is 1090 g/mol. The molecular weight excluding hydrogens is 1030 g/mol. The van der Waals surface area contributed by atoms with E-state index in [0.29, 0.717) is 68.9 Å². The molecule has 7 aromatic rings. The van der Waals surface area contributed by atoms with Gasteiger partial charge in [-0.15, -0.1) is 0 Å². The molecule has 1 fully saturated rings. The van der Waals surface area contributed by atoms with Gasteiger partial charge in [-0.2, -0.15) is 5.26 Å². The molecule has 13 nitrogen and oxygen atoms in total. The maximum atomic E-state index is 15.3. The van der Waals surface area contributed by atoms with Crippen molar-refractivity contribution < 1.29 is 47.4 Å². The van der Waals surface area contributed by atoms with Gasteiger partial charge in [0.1, 0.15) is 34.3 Å². The number of rotatable bonds is 19. The molecule has 3 heterocycles. The summed E-state index contributed by atoms with van der Waals surface area (Å²) in [6.45, 7) is 11.0. The minimum Gasteiger partial charge on any atom is -0.506 e. The van der Waals surface area contributed by atoms with Crippen LogP contribution in [0.15, 0.2) is 140 Å². The van der Waals surface area contributed by atoms with Crippen LogP contribution in [0.1, 0.15) is 102 Å². The molecule has 2 unspecified atom stereocenters. The van der Waals surface area contributed by atoms with Gasteiger partial charge in [0.25, 0.3) is 8.53 Å². The number of carbonyl (C=O) groups is 2. The number of hydrogen-bond acceptors (Lipinski definition) is 12. The molecule has 1 N–H and O–H groups in total. The van der Waals surface area contributed by atoms with Gasteiger partial charge in [0.15, 0.2) is 5.60 Å². The van der Waals surface area contributed by atoms with Crippen LogP contribution in [0.2, 0.25) is 5.02 Å². The number of benzene rings is 7. The summed E-state index contributed by atoms with van der Waals surface area (Å²) < 4.78 is 47.7. The largest absolute Gasteiger partial charge is 0.506 e. The number of nitrogens with zero attached hydrogens (tertiary/aromatic N) is 3. The second-order valence-corrected chi connectivity index (χ2v) is 22.3. The van der Waals surface area contributed by atoms with Gasteiger partial charge in [0, 0.05) is 47.1 Å². The molecule has 78 heavy (non-hydrogen) atoms. The Balaban J connectivity index is 1.01. The molecule has 3 aliphatic rings. The number of phenols is 1. The van der Waals surface area contributed by atoms with Crippen LogP contribution in [0.25, 0.3) is 10.8 Å². The number of halogens is 1. The zero-order chi connectivity index (χ0) is 54.9. The molecule has 3 aliphatic heterocycles. The van der Waals surface area contributed by atoms with E-state index in [-0.39, 0.29) is 61.4 Å². The lowest BCUT2D eigenvalue weighted by molar-refractivity contribution is -0.134. The van der Waals surface area contributed by atoms with Crippen LogP contribution in [0, 0.1) is 18.3 Å². The van der Waals surface area contributed by atoms with E-state index < -0.39 is 37.8 Å². The number of likely N-dealkylation sites (tertiary alicyclic amines) is 1. The number of ether oxygens (including phenoxy) is 5. The summed E-state index contributed by atoms with van der Waals surface area (Å²) in [4.78, 5) is 31.1. The average Bonchev–Trinajstić information content (AvgIpc) is 4.19. The van der Waals surface area contributed by atoms with Crippen LogP contribution >= 0.6 is 20.1 Å². The Bertz CT molecular complexity index is 3330. The lowest BCUT2D eigenvalue weighted by atomic mass is 9.76. The van der Waals surface area contributed by atoms with Gasteiger partial charge in [0.2, 0.25) is 5.91 Å². The molecule has 0 radical (unpaired) electrons. The lowest BCUT2D eigenvalue weighted by Gasteiger charge is -2.38. The predicted octanol–water partition coefficient (Wildman–Crippen LogP) is 13.3. The number of phenolic OH excluding ortho intramolecular Hbond substituents is 1. The number of hydrogen-bond donors (Lipinski definition) is 1. The molecule has 402 valence electrons. The van der Waals surface area contributed by atoms with Crippen LogP contribution in [0.4, 0.5) is 0 Å². The van der Waals surface area contributed by atoms with Crippen LogP contribution in [0.3, 0.4) is 0 Å². The third-order valence-corrected chi connectivity index (χ3v) is 17.6. The molecule has 1 spiro atoms. The number of carbonyl (C=O) groups excluding carboxylic acids is 2. The van der Waals surface area contributed by atoms with E-state index in [0.717, 1.165) is 27.8 Å². The molecule has 0 bridgehead atoms. The van der Waals surface area contributed by atoms with Gasteiger partial charge in [-0.25, -0.2) is 9.46 Å². The van der Waals surface area contributed by atoms with Crippen molar-refractivity contribution in [1.29, 1.82) is 5.26 Å². The molecule has 0 saturated carbocycles. The summed E-state index contributed by atoms with van der Waals surface area (Å²) >= 11 is 6.51. The summed E-state index contributed by atoms with van der Waals surface area (Å²) in [7, 11) is 1.65. The van der Waals surface area contributed by atoms with Crippen molar-refractivity contribution in [2.24, 2.45) is 0 Å². The van der Waals surface area contributed by atoms with E-state index in [1.165, 1.54) is 0 Å². The molecule has 1 amide bonds. The third-order valence-electron chi connectivity index (χ3n) is 15.1. The summed E-state index contributed by atoms with van der Waals surface area (Å²) in [6.07, 6.45) is 0.716. The van der Waals surface area contributed by atoms with Crippen LogP contribution in [0.5, 0.6) is 28.7 Å². The fourth-order valence-electron chi connectivity index (χ4n) is 11.4. The zero-order valence-corrected chi connectivity index (χ0v) is 46.5. The maximum Gasteiger partial charge on any atom is 0.340 e. The number of methoxy groups -OCH3 is 2. The summed E-state index contributed by atoms with van der Waals surface area (Å²) in [6, 6.07) is 46.0. The van der Waals surface area contributed by atoms with E-state index in [4.69, 9.17) is 44.3 Å². The highest BCUT2D eigenvalue weighted by Gasteiger charge is 2.54. The monoisotopic (exact) mass is 1090 g/mol. The molecular formula is C63H63ClN3O10P. The number of fused-ring (bicyclic) bond motifs is 8. The Morgan fingerprint density at radius 2 is 1.51 bits per heavy atom. The Hall–Kier alpha value is -7.01. The van der Waals surface area contributed by atoms with Crippen molar-refractivity contribution in [3.8, 4) is 34.8 Å². The van der Waals surface area contributed by atoms with Crippen LogP contribution < -0.4 is 14.2 Å². The van der Waals surface area contributed by atoms with Gasteiger partial charge >= 0.3 is 5.97 Å². The van der Waals surface area contributed by atoms with E-state index in [9.17, 15) is 15.2 Å². The molecule has 10 rings (SSSR count). The van der Waals surface area contributed by atoms with E-state index in [1.807, 2.05) is 121 Å². The smallest absolute Gasteiger partial charge is 0.340 e. The number of esters is 1. The fraction of sp³-hybridized carbons (Fsp3) is 0.317. The van der Waals surface area contributed by atoms with Gasteiger partial charge in [0.05, 0.1) is 62.7 Å². The third kappa shape index (κ3) is 10.1. The van der Waals surface area contributed by atoms with Crippen molar-refractivity contribution in [2.75, 3.05) is 34.0 Å². The minimum absolute atomic E-state index is 0.0593. The van der Waals surface area contributed by atoms with Gasteiger partial charge < -0.3 is 42.7 Å². The number of amides is 1. The van der Waals surface area contributed by atoms with E-state index in [1.54, 1.807) is 32.4 Å². The second kappa shape index (κ2) is 22.8. The number of aromatic hydroxyl groups is 1. The Morgan fingerprint density at radius 3 is 2.17 bits per heavy atom. The predicted molar refractivity (Wildman–Crippen MR) is 300 cm³/mol. The van der Waals surface area contributed by atoms with Crippen molar-refractivity contribution >= 4 is 42.8 Å². The van der Waals surface area contributed by atoms with E-state index in [2.05, 4.69) is 50.6 Å². The highest BCUT2D eigenvalue weighted by atomic mass is 35.5. The Kier molecular flexibility index (Phi) is 15.9. The highest BCUT2D eigenvalue weighted by Crippen LogP contribution is 2.58. The SMILES string of the molecule is COc1ccc(C(OC[C@@H]2C[C@@H](OP(OCCC#N)N(C(C)C)C(C)C)CN2C(=O)CCc2cc3c(cc2C)Oc2c(ccc4cc(O)c(Cl)cc24)C32OC(=O)c3ccccc32)(c2ccccc2)c2ccc(OC)cc2)cc1. The first-order valence-corrected chi connectivity index (χ1v) is 27.8. The molecule has 0 aliphatic carbocycles. The number of nitriles is 1. The second-order valence-electron chi connectivity index (χ2n) is 20.5. The van der Waals surface area contributed by atoms with Gasteiger partial charge in [-0.05, 0) is 141 Å².